The van der Waals surface area contributed by atoms with Gasteiger partial charge in [-0.25, -0.2) is 9.97 Å². The molecule has 0 aliphatic heterocycles. The van der Waals surface area contributed by atoms with Gasteiger partial charge in [-0.2, -0.15) is 31.3 Å². The monoisotopic (exact) mass is 827 g/mol. The second kappa shape index (κ2) is 16.3. The van der Waals surface area contributed by atoms with Gasteiger partial charge in [0, 0.05) is 41.8 Å². The van der Waals surface area contributed by atoms with E-state index in [4.69, 9.17) is 16.3 Å². The van der Waals surface area contributed by atoms with Gasteiger partial charge in [0.1, 0.15) is 22.9 Å². The average molecular weight is 829 g/mol. The van der Waals surface area contributed by atoms with Crippen LogP contribution < -0.4 is 4.74 Å². The molecule has 0 radical (unpaired) electrons. The Labute approximate surface area is 325 Å². The average Bonchev–Trinajstić information content (AvgIpc) is 3.14. The predicted octanol–water partition coefficient (Wildman–Crippen LogP) is 12.3. The molecule has 0 saturated heterocycles. The molecular weight excluding hydrogens is 805 g/mol. The number of aromatic nitrogens is 3. The van der Waals surface area contributed by atoms with Crippen LogP contribution in [0, 0.1) is 6.92 Å². The number of fused-ring (bicyclic) bond motifs is 4. The molecule has 0 spiro atoms. The fourth-order valence-electron chi connectivity index (χ4n) is 5.41. The summed E-state index contributed by atoms with van der Waals surface area (Å²) in [4.78, 5) is 11.0. The normalized spacial score (nSPS) is 11.9. The minimum Gasteiger partial charge on any atom is -0.506 e. The third kappa shape index (κ3) is 8.63. The zero-order chi connectivity index (χ0) is 38.8. The van der Waals surface area contributed by atoms with Gasteiger partial charge in [-0.3, -0.25) is 0 Å². The number of hydrogen-bond donors (Lipinski definition) is 2. The molecule has 0 amide bonds. The summed E-state index contributed by atoms with van der Waals surface area (Å²) >= 11 is 5.88. The van der Waals surface area contributed by atoms with Gasteiger partial charge in [-0.15, -0.1) is 20.5 Å². The number of phenols is 2. The van der Waals surface area contributed by atoms with Crippen molar-refractivity contribution < 1.29 is 60.8 Å². The molecule has 7 rings (SSSR count). The number of hydrogen-bond acceptors (Lipinski definition) is 10. The largest absolute Gasteiger partial charge is 0.506 e. The molecule has 7 aromatic rings. The van der Waals surface area contributed by atoms with Crippen LogP contribution in [0.2, 0.25) is 5.02 Å². The van der Waals surface area contributed by atoms with Gasteiger partial charge in [0.05, 0.1) is 17.7 Å². The van der Waals surface area contributed by atoms with Gasteiger partial charge in [-0.05, 0) is 35.2 Å². The number of aromatic hydroxyl groups is 2. The first-order valence-electron chi connectivity index (χ1n) is 15.6. The zero-order valence-corrected chi connectivity index (χ0v) is 32.2. The molecule has 5 aromatic carbocycles. The maximum Gasteiger partial charge on any atom is 0.425 e. The molecule has 0 bridgehead atoms. The number of nitrogens with zero attached hydrogens (tertiary/aromatic N) is 7. The SMILES string of the molecule is COc1nc(C)nc(N=Nc2c(O)ccc3ccccc23)c1C(F)(F)F.Oc1c(N=Nc2ncc(C(F)(F)F)cc2Cl)c2ccccc2c2ccccc12.[Zn]. The second-order valence-electron chi connectivity index (χ2n) is 11.3. The number of aryl methyl sites for hydroxylation is 1. The van der Waals surface area contributed by atoms with E-state index in [1.807, 2.05) is 24.3 Å². The van der Waals surface area contributed by atoms with Crippen LogP contribution >= 0.6 is 11.6 Å². The van der Waals surface area contributed by atoms with E-state index in [9.17, 15) is 36.6 Å². The smallest absolute Gasteiger partial charge is 0.425 e. The fraction of sp³-hybridized carbons (Fsp3) is 0.108. The number of benzene rings is 5. The van der Waals surface area contributed by atoms with Crippen molar-refractivity contribution in [2.45, 2.75) is 19.3 Å². The Morgan fingerprint density at radius 2 is 1.22 bits per heavy atom. The molecule has 0 atom stereocenters. The van der Waals surface area contributed by atoms with Crippen LogP contribution in [0.1, 0.15) is 17.0 Å². The number of pyridine rings is 1. The third-order valence-electron chi connectivity index (χ3n) is 7.84. The van der Waals surface area contributed by atoms with Gasteiger partial charge < -0.3 is 14.9 Å². The summed E-state index contributed by atoms with van der Waals surface area (Å²) in [7, 11) is 1.08. The molecule has 2 aromatic heterocycles. The van der Waals surface area contributed by atoms with Gasteiger partial charge in [0.15, 0.2) is 22.9 Å². The number of alkyl halides is 6. The van der Waals surface area contributed by atoms with Crippen LogP contribution in [0.5, 0.6) is 17.4 Å². The van der Waals surface area contributed by atoms with Crippen molar-refractivity contribution in [2.75, 3.05) is 7.11 Å². The van der Waals surface area contributed by atoms with Crippen LogP contribution in [0.15, 0.2) is 118 Å². The first-order chi connectivity index (χ1) is 25.7. The van der Waals surface area contributed by atoms with Crippen molar-refractivity contribution in [3.8, 4) is 17.4 Å². The second-order valence-corrected chi connectivity index (χ2v) is 11.8. The van der Waals surface area contributed by atoms with Crippen molar-refractivity contribution >= 4 is 66.9 Å². The molecule has 0 saturated carbocycles. The maximum absolute atomic E-state index is 13.4. The van der Waals surface area contributed by atoms with E-state index in [2.05, 4.69) is 35.4 Å². The van der Waals surface area contributed by atoms with Crippen LogP contribution in [0.4, 0.5) is 49.4 Å². The van der Waals surface area contributed by atoms with Gasteiger partial charge in [0.2, 0.25) is 5.88 Å². The van der Waals surface area contributed by atoms with Crippen LogP contribution in [0.25, 0.3) is 32.3 Å². The van der Waals surface area contributed by atoms with Gasteiger partial charge in [-0.1, -0.05) is 90.5 Å². The number of ether oxygens (including phenoxy) is 1. The summed E-state index contributed by atoms with van der Waals surface area (Å²) in [6.07, 6.45) is -8.70. The molecule has 0 unspecified atom stereocenters. The topological polar surface area (TPSA) is 138 Å². The van der Waals surface area contributed by atoms with E-state index < -0.39 is 35.2 Å². The minimum absolute atomic E-state index is 0. The van der Waals surface area contributed by atoms with Crippen LogP contribution in [0.3, 0.4) is 0 Å². The Morgan fingerprint density at radius 3 is 1.84 bits per heavy atom. The summed E-state index contributed by atoms with van der Waals surface area (Å²) in [5.74, 6) is -1.74. The maximum atomic E-state index is 13.4. The van der Waals surface area contributed by atoms with E-state index >= 15 is 0 Å². The minimum atomic E-state index is -4.78. The van der Waals surface area contributed by atoms with E-state index in [0.717, 1.165) is 29.3 Å². The Kier molecular flexibility index (Phi) is 12.0. The zero-order valence-electron chi connectivity index (χ0n) is 28.5. The predicted molar refractivity (Wildman–Crippen MR) is 190 cm³/mol. The summed E-state index contributed by atoms with van der Waals surface area (Å²) in [5.41, 5.74) is -1.97. The molecule has 276 valence electrons. The third-order valence-corrected chi connectivity index (χ3v) is 8.12. The molecule has 2 N–H and O–H groups in total. The molecule has 2 heterocycles. The van der Waals surface area contributed by atoms with E-state index in [1.165, 1.54) is 13.0 Å². The first kappa shape index (κ1) is 40.4. The Hall–Kier alpha value is -5.80. The molecule has 0 fully saturated rings. The quantitative estimate of drug-likeness (QED) is 0.0767. The van der Waals surface area contributed by atoms with E-state index in [1.54, 1.807) is 54.6 Å². The number of methoxy groups -OCH3 is 1. The molecule has 0 aliphatic rings. The number of phenolic OH excluding ortho intramolecular Hbond substituents is 2. The fourth-order valence-corrected chi connectivity index (χ4v) is 5.61. The standard InChI is InChI=1S/C20H11ClF3N3O.C17H13F3N4O2.Zn/c21-16-9-11(20(22,23)24)10-25-19(16)27-26-17-14-7-3-1-5-12(14)13-6-2-4-8-15(13)18(17)28;1-9-21-15(13(17(18,19)20)16(22-9)26-2)24-23-14-11-6-4-3-5-10(11)7-8-12(14)25;/h1-10,28H;3-8,25H,1-2H3;. The van der Waals surface area contributed by atoms with Crippen LogP contribution in [-0.2, 0) is 31.8 Å². The first-order valence-corrected chi connectivity index (χ1v) is 15.9. The van der Waals surface area contributed by atoms with E-state index in [-0.39, 0.29) is 59.0 Å². The van der Waals surface area contributed by atoms with Gasteiger partial charge >= 0.3 is 12.4 Å². The van der Waals surface area contributed by atoms with Crippen molar-refractivity contribution in [3.05, 3.63) is 119 Å². The van der Waals surface area contributed by atoms with E-state index in [0.29, 0.717) is 22.4 Å². The Bertz CT molecular complexity index is 2610. The molecule has 55 heavy (non-hydrogen) atoms. The number of rotatable bonds is 5. The summed E-state index contributed by atoms with van der Waals surface area (Å²) in [6.45, 7) is 1.41. The summed E-state index contributed by atoms with van der Waals surface area (Å²) in [6, 6.07) is 25.4. The van der Waals surface area contributed by atoms with Gasteiger partial charge in [0.25, 0.3) is 0 Å². The van der Waals surface area contributed by atoms with Crippen LogP contribution in [-0.4, -0.2) is 32.3 Å². The van der Waals surface area contributed by atoms with Crippen molar-refractivity contribution in [1.29, 1.82) is 0 Å². The Balaban J connectivity index is 0.000000208. The molecule has 0 aliphatic carbocycles. The Morgan fingerprint density at radius 1 is 0.655 bits per heavy atom. The molecular formula is C37H24ClF6N7O3Zn. The van der Waals surface area contributed by atoms with Crippen molar-refractivity contribution in [2.24, 2.45) is 20.5 Å². The van der Waals surface area contributed by atoms with Crippen molar-refractivity contribution in [1.82, 2.24) is 15.0 Å². The summed E-state index contributed by atoms with van der Waals surface area (Å²) < 4.78 is 83.1. The molecule has 10 nitrogen and oxygen atoms in total. The molecule has 18 heteroatoms. The van der Waals surface area contributed by atoms with Crippen molar-refractivity contribution in [3.63, 3.8) is 0 Å². The summed E-state index contributed by atoms with van der Waals surface area (Å²) in [5, 5.41) is 40.1. The number of azo groups is 2. The number of halogens is 7.